The molecule has 0 aromatic carbocycles. The lowest BCUT2D eigenvalue weighted by molar-refractivity contribution is -0.147. The first kappa shape index (κ1) is 40.3. The van der Waals surface area contributed by atoms with Gasteiger partial charge in [0.25, 0.3) is 0 Å². The third-order valence-electron chi connectivity index (χ3n) is 8.15. The summed E-state index contributed by atoms with van der Waals surface area (Å²) in [7, 11) is -2.00. The van der Waals surface area contributed by atoms with Crippen LogP contribution in [-0.4, -0.2) is 44.4 Å². The van der Waals surface area contributed by atoms with Gasteiger partial charge in [-0.25, -0.2) is 4.79 Å². The fourth-order valence-corrected chi connectivity index (χ4v) is 5.76. The molecule has 0 radical (unpaired) electrons. The van der Waals surface area contributed by atoms with Gasteiger partial charge in [-0.3, -0.25) is 9.59 Å². The van der Waals surface area contributed by atoms with Crippen LogP contribution in [0.15, 0.2) is 71.0 Å². The number of rotatable bonds is 14. The number of cyclic esters (lactones) is 1. The Labute approximate surface area is 278 Å². The van der Waals surface area contributed by atoms with Gasteiger partial charge in [0, 0.05) is 29.0 Å². The quantitative estimate of drug-likeness (QED) is 0.0844. The highest BCUT2D eigenvalue weighted by Crippen LogP contribution is 2.38. The minimum atomic E-state index is -2.00. The zero-order valence-corrected chi connectivity index (χ0v) is 31.3. The van der Waals surface area contributed by atoms with Crippen molar-refractivity contribution < 1.29 is 23.5 Å². The number of nitrogens with one attached hydrogen (secondary N) is 2. The van der Waals surface area contributed by atoms with E-state index >= 15 is 0 Å². The van der Waals surface area contributed by atoms with E-state index in [1.165, 1.54) is 6.08 Å². The van der Waals surface area contributed by atoms with Gasteiger partial charge in [0.05, 0.1) is 6.10 Å². The van der Waals surface area contributed by atoms with Crippen molar-refractivity contribution in [1.29, 1.82) is 0 Å². The van der Waals surface area contributed by atoms with Crippen molar-refractivity contribution in [2.45, 2.75) is 125 Å². The third kappa shape index (κ3) is 15.0. The molecule has 45 heavy (non-hydrogen) atoms. The molecule has 9 heteroatoms. The molecule has 0 saturated heterocycles. The summed E-state index contributed by atoms with van der Waals surface area (Å²) in [5.41, 5.74) is 1.12. The minimum absolute atomic E-state index is 0.0533. The maximum atomic E-state index is 13.1. The molecule has 0 saturated carbocycles. The zero-order chi connectivity index (χ0) is 34.6. The van der Waals surface area contributed by atoms with Gasteiger partial charge in [-0.2, -0.15) is 0 Å². The molecule has 4 atom stereocenters. The number of ether oxygens (including phenoxy) is 1. The van der Waals surface area contributed by atoms with Crippen molar-refractivity contribution >= 4 is 37.7 Å². The molecule has 7 nitrogen and oxygen atoms in total. The number of carbonyl (C=O) groups excluding carboxylic acids is 3. The Bertz CT molecular complexity index is 1210. The van der Waals surface area contributed by atoms with E-state index in [4.69, 9.17) is 20.8 Å². The lowest BCUT2D eigenvalue weighted by Gasteiger charge is -2.39. The van der Waals surface area contributed by atoms with Crippen LogP contribution in [0.5, 0.6) is 0 Å². The van der Waals surface area contributed by atoms with Crippen LogP contribution >= 0.6 is 11.6 Å². The summed E-state index contributed by atoms with van der Waals surface area (Å²) in [6, 6.07) is -0.747. The minimum Gasteiger partial charge on any atom is -0.458 e. The molecule has 0 aromatic rings. The van der Waals surface area contributed by atoms with E-state index in [1.54, 1.807) is 25.3 Å². The molecule has 0 aromatic heterocycles. The van der Waals surface area contributed by atoms with Crippen molar-refractivity contribution in [1.82, 2.24) is 10.6 Å². The fourth-order valence-electron chi connectivity index (χ4n) is 4.29. The van der Waals surface area contributed by atoms with Gasteiger partial charge in [0.15, 0.2) is 8.32 Å². The number of hydrogen-bond donors (Lipinski definition) is 2. The van der Waals surface area contributed by atoms with Gasteiger partial charge in [-0.15, -0.1) is 0 Å². The third-order valence-corrected chi connectivity index (χ3v) is 12.8. The first-order valence-electron chi connectivity index (χ1n) is 15.8. The van der Waals surface area contributed by atoms with E-state index < -0.39 is 19.8 Å². The molecule has 0 unspecified atom stereocenters. The molecule has 1 rings (SSSR count). The number of allylic oxidation sites excluding steroid dienone is 5. The first-order chi connectivity index (χ1) is 20.6. The smallest absolute Gasteiger partial charge is 0.333 e. The van der Waals surface area contributed by atoms with Crippen molar-refractivity contribution in [3.63, 3.8) is 0 Å². The van der Waals surface area contributed by atoms with Crippen molar-refractivity contribution in [2.75, 3.05) is 0 Å². The van der Waals surface area contributed by atoms with E-state index in [0.29, 0.717) is 24.8 Å². The van der Waals surface area contributed by atoms with Gasteiger partial charge in [-0.05, 0) is 63.4 Å². The number of carbonyl (C=O) groups is 3. The Balaban J connectivity index is 2.79. The summed E-state index contributed by atoms with van der Waals surface area (Å²) in [6.07, 6.45) is 17.9. The average Bonchev–Trinajstić information content (AvgIpc) is 2.90. The van der Waals surface area contributed by atoms with Crippen LogP contribution in [0.25, 0.3) is 0 Å². The van der Waals surface area contributed by atoms with Crippen LogP contribution < -0.4 is 10.6 Å². The summed E-state index contributed by atoms with van der Waals surface area (Å²) in [5, 5.41) is 6.48. The fraction of sp³-hybridized carbons (Fsp3) is 0.583. The number of halogens is 1. The van der Waals surface area contributed by atoms with Gasteiger partial charge in [0.2, 0.25) is 11.8 Å². The van der Waals surface area contributed by atoms with Gasteiger partial charge in [-0.1, -0.05) is 108 Å². The van der Waals surface area contributed by atoms with Gasteiger partial charge < -0.3 is 19.8 Å². The van der Waals surface area contributed by atoms with Crippen molar-refractivity contribution in [3.8, 4) is 0 Å². The van der Waals surface area contributed by atoms with Gasteiger partial charge >= 0.3 is 5.97 Å². The molecule has 2 amide bonds. The maximum Gasteiger partial charge on any atom is 0.333 e. The standard InChI is InChI=1S/C36H57ClN2O5Si/c1-25(24-27(3)30-22-19-26(2)34(42)43-30)16-13-14-18-31(40)39-32(35(5,6)7)33(41)38-23-15-17-29(21-20-28(4)37)44-45(11,12)36(8,9)10/h13-16,18-20,23-24,27,29-30,32H,17,21-22H2,1-12H3,(H,38,41)(H,39,40)/b16-13+,18-14+,23-15-,25-24+,28-20+/t27-,29+,30-,32+/m0/s1. The monoisotopic (exact) mass is 660 g/mol. The SMILES string of the molecule is CC1=CC[C@@H]([C@@H](C)/C=C(C)/C=C/C=C/C(=O)N[C@H](C(=O)N/C=C\C[C@H](C/C=C(\C)Cl)O[Si](C)(C)C(C)(C)C)C(C)(C)C)OC1=O. The zero-order valence-electron chi connectivity index (χ0n) is 29.5. The second-order valence-electron chi connectivity index (χ2n) is 14.5. The average molecular weight is 661 g/mol. The second kappa shape index (κ2) is 17.9. The van der Waals surface area contributed by atoms with E-state index in [2.05, 4.69) is 44.5 Å². The van der Waals surface area contributed by atoms with Crippen LogP contribution in [0.2, 0.25) is 18.1 Å². The normalized spacial score (nSPS) is 19.4. The molecule has 0 spiro atoms. The summed E-state index contributed by atoms with van der Waals surface area (Å²) in [4.78, 5) is 37.7. The van der Waals surface area contributed by atoms with E-state index in [0.717, 1.165) is 10.6 Å². The van der Waals surface area contributed by atoms with Gasteiger partial charge in [0.1, 0.15) is 12.1 Å². The molecule has 1 heterocycles. The summed E-state index contributed by atoms with van der Waals surface area (Å²) in [6.45, 7) is 24.4. The largest absolute Gasteiger partial charge is 0.458 e. The molecule has 0 aliphatic carbocycles. The molecular formula is C36H57ClN2O5Si. The molecule has 0 fully saturated rings. The van der Waals surface area contributed by atoms with Crippen LogP contribution in [0.3, 0.4) is 0 Å². The number of hydrogen-bond acceptors (Lipinski definition) is 5. The molecule has 1 aliphatic heterocycles. The Morgan fingerprint density at radius 1 is 1.11 bits per heavy atom. The highest BCUT2D eigenvalue weighted by atomic mass is 35.5. The molecule has 0 bridgehead atoms. The predicted octanol–water partition coefficient (Wildman–Crippen LogP) is 8.42. The molecular weight excluding hydrogens is 604 g/mol. The number of esters is 1. The molecule has 252 valence electrons. The Morgan fingerprint density at radius 3 is 2.29 bits per heavy atom. The van der Waals surface area contributed by atoms with E-state index in [1.807, 2.05) is 71.9 Å². The number of amides is 2. The van der Waals surface area contributed by atoms with Crippen LogP contribution in [0.4, 0.5) is 0 Å². The molecule has 1 aliphatic rings. The van der Waals surface area contributed by atoms with Crippen LogP contribution in [0, 0.1) is 11.3 Å². The topological polar surface area (TPSA) is 93.7 Å². The van der Waals surface area contributed by atoms with Crippen molar-refractivity contribution in [2.24, 2.45) is 11.3 Å². The van der Waals surface area contributed by atoms with E-state index in [9.17, 15) is 14.4 Å². The highest BCUT2D eigenvalue weighted by molar-refractivity contribution is 6.74. The van der Waals surface area contributed by atoms with Crippen molar-refractivity contribution in [3.05, 3.63) is 71.0 Å². The maximum absolute atomic E-state index is 13.1. The van der Waals surface area contributed by atoms with Crippen LogP contribution in [0.1, 0.15) is 88.5 Å². The summed E-state index contributed by atoms with van der Waals surface area (Å²) < 4.78 is 12.1. The lowest BCUT2D eigenvalue weighted by Crippen LogP contribution is -2.52. The summed E-state index contributed by atoms with van der Waals surface area (Å²) in [5.74, 6) is -0.873. The lowest BCUT2D eigenvalue weighted by atomic mass is 9.86. The Hall–Kier alpha value is -2.68. The predicted molar refractivity (Wildman–Crippen MR) is 189 cm³/mol. The Morgan fingerprint density at radius 2 is 1.73 bits per heavy atom. The second-order valence-corrected chi connectivity index (χ2v) is 19.9. The highest BCUT2D eigenvalue weighted by Gasteiger charge is 2.39. The first-order valence-corrected chi connectivity index (χ1v) is 19.1. The Kier molecular flexibility index (Phi) is 16.0. The van der Waals surface area contributed by atoms with Crippen LogP contribution in [-0.2, 0) is 23.5 Å². The van der Waals surface area contributed by atoms with E-state index in [-0.39, 0.29) is 40.9 Å². The summed E-state index contributed by atoms with van der Waals surface area (Å²) >= 11 is 6.09. The molecule has 2 N–H and O–H groups in total.